The summed E-state index contributed by atoms with van der Waals surface area (Å²) in [4.78, 5) is 4.20. The van der Waals surface area contributed by atoms with Crippen molar-refractivity contribution in [1.29, 1.82) is 0 Å². The van der Waals surface area contributed by atoms with Crippen LogP contribution in [0.4, 0.5) is 5.82 Å². The molecule has 3 heteroatoms. The molecule has 0 saturated carbocycles. The van der Waals surface area contributed by atoms with Gasteiger partial charge in [-0.15, -0.1) is 0 Å². The smallest absolute Gasteiger partial charge is 0.126 e. The maximum Gasteiger partial charge on any atom is 0.126 e. The van der Waals surface area contributed by atoms with E-state index in [2.05, 4.69) is 17.1 Å². The summed E-state index contributed by atoms with van der Waals surface area (Å²) in [6.45, 7) is 2.53. The van der Waals surface area contributed by atoms with Crippen molar-refractivity contribution >= 4 is 5.82 Å². The van der Waals surface area contributed by atoms with E-state index >= 15 is 0 Å². The first-order valence-electron chi connectivity index (χ1n) is 7.21. The van der Waals surface area contributed by atoms with Gasteiger partial charge in [0.2, 0.25) is 0 Å². The largest absolute Gasteiger partial charge is 0.489 e. The number of benzene rings is 2. The van der Waals surface area contributed by atoms with Crippen molar-refractivity contribution in [3.8, 4) is 16.9 Å². The summed E-state index contributed by atoms with van der Waals surface area (Å²) in [5, 5.41) is 0. The van der Waals surface area contributed by atoms with Gasteiger partial charge in [-0.2, -0.15) is 0 Å². The second-order valence-corrected chi connectivity index (χ2v) is 5.22. The van der Waals surface area contributed by atoms with Gasteiger partial charge in [-0.25, -0.2) is 4.98 Å². The van der Waals surface area contributed by atoms with E-state index in [1.807, 2.05) is 55.5 Å². The highest BCUT2D eigenvalue weighted by Gasteiger charge is 2.02. The molecule has 110 valence electrons. The molecule has 2 N–H and O–H groups in total. The summed E-state index contributed by atoms with van der Waals surface area (Å²) in [5.41, 5.74) is 10.1. The SMILES string of the molecule is Cc1cc(-c2ccc(OCc3ccccc3)cc2)cnc1N. The first-order valence-corrected chi connectivity index (χ1v) is 7.21. The molecule has 0 fully saturated rings. The quantitative estimate of drug-likeness (QED) is 0.782. The van der Waals surface area contributed by atoms with Crippen LogP contribution in [0.15, 0.2) is 66.9 Å². The van der Waals surface area contributed by atoms with Gasteiger partial charge in [0.1, 0.15) is 18.2 Å². The Balaban J connectivity index is 1.71. The van der Waals surface area contributed by atoms with Crippen LogP contribution in [0.1, 0.15) is 11.1 Å². The van der Waals surface area contributed by atoms with Gasteiger partial charge in [0.15, 0.2) is 0 Å². The lowest BCUT2D eigenvalue weighted by molar-refractivity contribution is 0.306. The molecule has 0 bridgehead atoms. The van der Waals surface area contributed by atoms with Crippen LogP contribution in [0.25, 0.3) is 11.1 Å². The predicted octanol–water partition coefficient (Wildman–Crippen LogP) is 4.22. The summed E-state index contributed by atoms with van der Waals surface area (Å²) in [7, 11) is 0. The van der Waals surface area contributed by atoms with E-state index in [1.165, 1.54) is 0 Å². The lowest BCUT2D eigenvalue weighted by atomic mass is 10.1. The zero-order valence-corrected chi connectivity index (χ0v) is 12.5. The fraction of sp³-hybridized carbons (Fsp3) is 0.105. The maximum absolute atomic E-state index is 5.79. The highest BCUT2D eigenvalue weighted by molar-refractivity contribution is 5.65. The number of aryl methyl sites for hydroxylation is 1. The summed E-state index contributed by atoms with van der Waals surface area (Å²) in [6.07, 6.45) is 1.79. The maximum atomic E-state index is 5.79. The van der Waals surface area contributed by atoms with E-state index in [4.69, 9.17) is 10.5 Å². The van der Waals surface area contributed by atoms with Crippen molar-refractivity contribution < 1.29 is 4.74 Å². The average molecular weight is 290 g/mol. The Morgan fingerprint density at radius 1 is 0.955 bits per heavy atom. The lowest BCUT2D eigenvalue weighted by Crippen LogP contribution is -1.95. The standard InChI is InChI=1S/C19H18N2O/c1-14-11-17(12-21-19(14)20)16-7-9-18(10-8-16)22-13-15-5-3-2-4-6-15/h2-12H,13H2,1H3,(H2,20,21). The zero-order valence-electron chi connectivity index (χ0n) is 12.5. The van der Waals surface area contributed by atoms with Crippen molar-refractivity contribution in [2.24, 2.45) is 0 Å². The van der Waals surface area contributed by atoms with Crippen LogP contribution in [0.2, 0.25) is 0 Å². The Bertz CT molecular complexity index is 752. The number of rotatable bonds is 4. The Morgan fingerprint density at radius 2 is 1.68 bits per heavy atom. The number of pyridine rings is 1. The summed E-state index contributed by atoms with van der Waals surface area (Å²) in [6, 6.07) is 20.2. The first-order chi connectivity index (χ1) is 10.7. The minimum Gasteiger partial charge on any atom is -0.489 e. The molecule has 1 aromatic heterocycles. The lowest BCUT2D eigenvalue weighted by Gasteiger charge is -2.08. The molecule has 2 aromatic carbocycles. The van der Waals surface area contributed by atoms with Crippen LogP contribution in [0, 0.1) is 6.92 Å². The number of nitrogen functional groups attached to an aromatic ring is 1. The minimum absolute atomic E-state index is 0.572. The first kappa shape index (κ1) is 14.1. The molecule has 22 heavy (non-hydrogen) atoms. The van der Waals surface area contributed by atoms with Gasteiger partial charge in [0.25, 0.3) is 0 Å². The molecule has 3 rings (SSSR count). The third kappa shape index (κ3) is 3.26. The molecule has 0 unspecified atom stereocenters. The van der Waals surface area contributed by atoms with E-state index in [9.17, 15) is 0 Å². The van der Waals surface area contributed by atoms with E-state index in [-0.39, 0.29) is 0 Å². The topological polar surface area (TPSA) is 48.1 Å². The molecule has 0 spiro atoms. The molecule has 0 atom stereocenters. The van der Waals surface area contributed by atoms with E-state index in [0.29, 0.717) is 12.4 Å². The normalized spacial score (nSPS) is 10.4. The number of anilines is 1. The molecule has 0 amide bonds. The molecular formula is C19H18N2O. The Hall–Kier alpha value is -2.81. The van der Waals surface area contributed by atoms with Gasteiger partial charge >= 0.3 is 0 Å². The molecule has 1 heterocycles. The third-order valence-electron chi connectivity index (χ3n) is 3.55. The fourth-order valence-electron chi connectivity index (χ4n) is 2.23. The Kier molecular flexibility index (Phi) is 4.05. The molecule has 0 aliphatic rings. The average Bonchev–Trinajstić information content (AvgIpc) is 2.57. The minimum atomic E-state index is 0.572. The van der Waals surface area contributed by atoms with Crippen molar-refractivity contribution in [2.75, 3.05) is 5.73 Å². The van der Waals surface area contributed by atoms with Crippen LogP contribution < -0.4 is 10.5 Å². The van der Waals surface area contributed by atoms with Crippen molar-refractivity contribution in [3.63, 3.8) is 0 Å². The van der Waals surface area contributed by atoms with Crippen molar-refractivity contribution in [2.45, 2.75) is 13.5 Å². The van der Waals surface area contributed by atoms with Crippen LogP contribution in [0.5, 0.6) is 5.75 Å². The van der Waals surface area contributed by atoms with Crippen LogP contribution >= 0.6 is 0 Å². The molecule has 0 aliphatic carbocycles. The second-order valence-electron chi connectivity index (χ2n) is 5.22. The van der Waals surface area contributed by atoms with Gasteiger partial charge in [0.05, 0.1) is 0 Å². The highest BCUT2D eigenvalue weighted by Crippen LogP contribution is 2.24. The summed E-state index contributed by atoms with van der Waals surface area (Å²) in [5.74, 6) is 1.43. The van der Waals surface area contributed by atoms with Crippen LogP contribution in [0.3, 0.4) is 0 Å². The van der Waals surface area contributed by atoms with Gasteiger partial charge in [0, 0.05) is 11.8 Å². The van der Waals surface area contributed by atoms with Crippen LogP contribution in [-0.2, 0) is 6.61 Å². The number of nitrogens with zero attached hydrogens (tertiary/aromatic N) is 1. The molecule has 3 aromatic rings. The van der Waals surface area contributed by atoms with E-state index < -0.39 is 0 Å². The van der Waals surface area contributed by atoms with Crippen LogP contribution in [-0.4, -0.2) is 4.98 Å². The monoisotopic (exact) mass is 290 g/mol. The third-order valence-corrected chi connectivity index (χ3v) is 3.55. The Labute approximate surface area is 130 Å². The molecule has 0 aliphatic heterocycles. The number of hydrogen-bond donors (Lipinski definition) is 1. The second kappa shape index (κ2) is 6.31. The highest BCUT2D eigenvalue weighted by atomic mass is 16.5. The number of aromatic nitrogens is 1. The van der Waals surface area contributed by atoms with E-state index in [0.717, 1.165) is 28.0 Å². The Morgan fingerprint density at radius 3 is 2.36 bits per heavy atom. The molecule has 3 nitrogen and oxygen atoms in total. The number of hydrogen-bond acceptors (Lipinski definition) is 3. The summed E-state index contributed by atoms with van der Waals surface area (Å²) < 4.78 is 5.79. The summed E-state index contributed by atoms with van der Waals surface area (Å²) >= 11 is 0. The van der Waals surface area contributed by atoms with Crippen molar-refractivity contribution in [1.82, 2.24) is 4.98 Å². The number of nitrogens with two attached hydrogens (primary N) is 1. The molecule has 0 radical (unpaired) electrons. The van der Waals surface area contributed by atoms with Gasteiger partial charge < -0.3 is 10.5 Å². The van der Waals surface area contributed by atoms with Gasteiger partial charge in [-0.05, 0) is 41.8 Å². The van der Waals surface area contributed by atoms with E-state index in [1.54, 1.807) is 6.20 Å². The number of ether oxygens (including phenoxy) is 1. The van der Waals surface area contributed by atoms with Gasteiger partial charge in [-0.3, -0.25) is 0 Å². The molecular weight excluding hydrogens is 272 g/mol. The van der Waals surface area contributed by atoms with Crippen molar-refractivity contribution in [3.05, 3.63) is 78.0 Å². The molecule has 0 saturated heterocycles. The van der Waals surface area contributed by atoms with Gasteiger partial charge in [-0.1, -0.05) is 42.5 Å². The fourth-order valence-corrected chi connectivity index (χ4v) is 2.23. The zero-order chi connectivity index (χ0) is 15.4. The predicted molar refractivity (Wildman–Crippen MR) is 89.6 cm³/mol.